The summed E-state index contributed by atoms with van der Waals surface area (Å²) >= 11 is 0. The van der Waals surface area contributed by atoms with Gasteiger partial charge in [-0.25, -0.2) is 12.8 Å². The normalized spacial score (nSPS) is 11.7. The Hall–Kier alpha value is -2.85. The van der Waals surface area contributed by atoms with Gasteiger partial charge in [-0.05, 0) is 43.7 Å². The number of nitrogens with zero attached hydrogens (tertiary/aromatic N) is 1. The highest BCUT2D eigenvalue weighted by Gasteiger charge is 2.19. The summed E-state index contributed by atoms with van der Waals surface area (Å²) in [4.78, 5) is -0.587. The number of sulfonamides is 1. The number of halogens is 1. The van der Waals surface area contributed by atoms with E-state index in [4.69, 9.17) is 4.74 Å². The minimum absolute atomic E-state index is 0.0247. The second-order valence-electron chi connectivity index (χ2n) is 5.43. The number of allylic oxidation sites excluding steroid dienone is 1. The molecule has 2 aromatic carbocycles. The van der Waals surface area contributed by atoms with Gasteiger partial charge in [0.15, 0.2) is 4.91 Å². The predicted molar refractivity (Wildman–Crippen MR) is 95.0 cm³/mol. The summed E-state index contributed by atoms with van der Waals surface area (Å²) in [6.07, 6.45) is 0.987. The molecule has 0 saturated heterocycles. The van der Waals surface area contributed by atoms with Crippen LogP contribution < -0.4 is 9.46 Å². The van der Waals surface area contributed by atoms with Gasteiger partial charge in [0.1, 0.15) is 17.6 Å². The molecule has 0 bridgehead atoms. The standard InChI is InChI=1S/C18H17FN2O3S/c1-12-4-7-18(13(2)8-12)21-25(22,23)16(11-20)9-14-5-6-15(24-3)10-17(14)19/h4-10,21H,1-3H3/b16-9-. The van der Waals surface area contributed by atoms with Crippen molar-refractivity contribution in [2.45, 2.75) is 13.8 Å². The summed E-state index contributed by atoms with van der Waals surface area (Å²) in [5.41, 5.74) is 2.04. The van der Waals surface area contributed by atoms with Crippen molar-refractivity contribution in [2.24, 2.45) is 0 Å². The Morgan fingerprint density at radius 2 is 1.96 bits per heavy atom. The van der Waals surface area contributed by atoms with Crippen molar-refractivity contribution in [3.05, 3.63) is 63.8 Å². The number of nitrogens with one attached hydrogen (secondary N) is 1. The van der Waals surface area contributed by atoms with Gasteiger partial charge in [-0.15, -0.1) is 0 Å². The van der Waals surface area contributed by atoms with E-state index in [0.717, 1.165) is 23.3 Å². The monoisotopic (exact) mass is 360 g/mol. The lowest BCUT2D eigenvalue weighted by Crippen LogP contribution is -2.15. The SMILES string of the molecule is COc1ccc(/C=C(/C#N)S(=O)(=O)Nc2ccc(C)cc2C)c(F)c1. The first-order valence-electron chi connectivity index (χ1n) is 7.32. The van der Waals surface area contributed by atoms with Crippen LogP contribution in [-0.2, 0) is 10.0 Å². The van der Waals surface area contributed by atoms with E-state index in [-0.39, 0.29) is 5.56 Å². The molecule has 0 aliphatic rings. The van der Waals surface area contributed by atoms with Crippen molar-refractivity contribution in [1.82, 2.24) is 0 Å². The Labute approximate surface area is 146 Å². The van der Waals surface area contributed by atoms with E-state index in [9.17, 15) is 18.1 Å². The predicted octanol–water partition coefficient (Wildman–Crippen LogP) is 3.76. The van der Waals surface area contributed by atoms with Crippen molar-refractivity contribution in [1.29, 1.82) is 5.26 Å². The summed E-state index contributed by atoms with van der Waals surface area (Å²) < 4.78 is 46.2. The molecule has 130 valence electrons. The maximum absolute atomic E-state index is 14.0. The highest BCUT2D eigenvalue weighted by molar-refractivity contribution is 7.97. The Kier molecular flexibility index (Phi) is 5.45. The Morgan fingerprint density at radius 3 is 2.52 bits per heavy atom. The topological polar surface area (TPSA) is 79.2 Å². The Bertz CT molecular complexity index is 976. The number of aryl methyl sites for hydroxylation is 2. The third-order valence-corrected chi connectivity index (χ3v) is 4.80. The minimum Gasteiger partial charge on any atom is -0.497 e. The maximum Gasteiger partial charge on any atom is 0.272 e. The molecule has 0 aliphatic carbocycles. The molecule has 0 atom stereocenters. The lowest BCUT2D eigenvalue weighted by Gasteiger charge is -2.10. The summed E-state index contributed by atoms with van der Waals surface area (Å²) in [7, 11) is -2.75. The van der Waals surface area contributed by atoms with Crippen LogP contribution in [0.15, 0.2) is 41.3 Å². The smallest absolute Gasteiger partial charge is 0.272 e. The molecule has 1 N–H and O–H groups in total. The number of benzene rings is 2. The zero-order valence-electron chi connectivity index (χ0n) is 14.0. The third-order valence-electron chi connectivity index (χ3n) is 3.52. The molecule has 2 rings (SSSR count). The van der Waals surface area contributed by atoms with Gasteiger partial charge in [0.25, 0.3) is 10.0 Å². The van der Waals surface area contributed by atoms with Crippen LogP contribution in [0.4, 0.5) is 10.1 Å². The van der Waals surface area contributed by atoms with Crippen LogP contribution in [-0.4, -0.2) is 15.5 Å². The third kappa shape index (κ3) is 4.37. The van der Waals surface area contributed by atoms with Gasteiger partial charge in [0.2, 0.25) is 0 Å². The largest absolute Gasteiger partial charge is 0.497 e. The first-order chi connectivity index (χ1) is 11.8. The number of hydrogen-bond donors (Lipinski definition) is 1. The highest BCUT2D eigenvalue weighted by Crippen LogP contribution is 2.23. The fourth-order valence-corrected chi connectivity index (χ4v) is 3.22. The number of anilines is 1. The summed E-state index contributed by atoms with van der Waals surface area (Å²) in [5, 5.41) is 9.22. The zero-order valence-corrected chi connectivity index (χ0v) is 14.8. The van der Waals surface area contributed by atoms with E-state index in [1.807, 2.05) is 13.0 Å². The fraction of sp³-hybridized carbons (Fsp3) is 0.167. The van der Waals surface area contributed by atoms with Crippen LogP contribution in [0.3, 0.4) is 0 Å². The first kappa shape index (κ1) is 18.5. The highest BCUT2D eigenvalue weighted by atomic mass is 32.2. The van der Waals surface area contributed by atoms with Crippen molar-refractivity contribution in [3.63, 3.8) is 0 Å². The second-order valence-corrected chi connectivity index (χ2v) is 7.08. The Balaban J connectivity index is 2.40. The molecule has 0 radical (unpaired) electrons. The molecular formula is C18H17FN2O3S. The van der Waals surface area contributed by atoms with Gasteiger partial charge >= 0.3 is 0 Å². The molecule has 7 heteroatoms. The summed E-state index contributed by atoms with van der Waals surface area (Å²) in [6.45, 7) is 3.64. The van der Waals surface area contributed by atoms with Gasteiger partial charge in [0.05, 0.1) is 12.8 Å². The van der Waals surface area contributed by atoms with Crippen LogP contribution in [0.1, 0.15) is 16.7 Å². The zero-order chi connectivity index (χ0) is 18.6. The molecule has 5 nitrogen and oxygen atoms in total. The number of hydrogen-bond acceptors (Lipinski definition) is 4. The molecule has 0 heterocycles. The minimum atomic E-state index is -4.14. The quantitative estimate of drug-likeness (QED) is 0.824. The van der Waals surface area contributed by atoms with Crippen LogP contribution in [0.2, 0.25) is 0 Å². The summed E-state index contributed by atoms with van der Waals surface area (Å²) in [5.74, 6) is -0.391. The molecule has 0 spiro atoms. The molecule has 2 aromatic rings. The van der Waals surface area contributed by atoms with Crippen molar-refractivity contribution in [3.8, 4) is 11.8 Å². The maximum atomic E-state index is 14.0. The first-order valence-corrected chi connectivity index (χ1v) is 8.80. The molecule has 0 amide bonds. The van der Waals surface area contributed by atoms with Crippen LogP contribution in [0.5, 0.6) is 5.75 Å². The second kappa shape index (κ2) is 7.36. The lowest BCUT2D eigenvalue weighted by atomic mass is 10.1. The van der Waals surface area contributed by atoms with E-state index >= 15 is 0 Å². The molecular weight excluding hydrogens is 343 g/mol. The van der Waals surface area contributed by atoms with Crippen LogP contribution >= 0.6 is 0 Å². The van der Waals surface area contributed by atoms with Crippen LogP contribution in [0, 0.1) is 31.0 Å². The van der Waals surface area contributed by atoms with Gasteiger partial charge in [-0.2, -0.15) is 5.26 Å². The van der Waals surface area contributed by atoms with E-state index in [1.165, 1.54) is 19.2 Å². The van der Waals surface area contributed by atoms with Gasteiger partial charge < -0.3 is 4.74 Å². The number of methoxy groups -OCH3 is 1. The lowest BCUT2D eigenvalue weighted by molar-refractivity contribution is 0.411. The number of nitriles is 1. The van der Waals surface area contributed by atoms with Crippen molar-refractivity contribution in [2.75, 3.05) is 11.8 Å². The molecule has 0 saturated carbocycles. The average molecular weight is 360 g/mol. The molecule has 25 heavy (non-hydrogen) atoms. The van der Waals surface area contributed by atoms with E-state index in [2.05, 4.69) is 4.72 Å². The molecule has 0 unspecified atom stereocenters. The van der Waals surface area contributed by atoms with Crippen molar-refractivity contribution >= 4 is 21.8 Å². The average Bonchev–Trinajstić information content (AvgIpc) is 2.56. The van der Waals surface area contributed by atoms with Crippen molar-refractivity contribution < 1.29 is 17.5 Å². The van der Waals surface area contributed by atoms with E-state index in [1.54, 1.807) is 25.1 Å². The number of ether oxygens (including phenoxy) is 1. The molecule has 0 fully saturated rings. The summed E-state index contributed by atoms with van der Waals surface area (Å²) in [6, 6.07) is 10.7. The van der Waals surface area contributed by atoms with Gasteiger partial charge in [-0.1, -0.05) is 17.7 Å². The van der Waals surface area contributed by atoms with Gasteiger partial charge in [0, 0.05) is 11.6 Å². The molecule has 0 aliphatic heterocycles. The van der Waals surface area contributed by atoms with E-state index < -0.39 is 20.7 Å². The molecule has 0 aromatic heterocycles. The van der Waals surface area contributed by atoms with Gasteiger partial charge in [-0.3, -0.25) is 4.72 Å². The Morgan fingerprint density at radius 1 is 1.24 bits per heavy atom. The van der Waals surface area contributed by atoms with Crippen LogP contribution in [0.25, 0.3) is 6.08 Å². The van der Waals surface area contributed by atoms with E-state index in [0.29, 0.717) is 11.4 Å². The fourth-order valence-electron chi connectivity index (χ4n) is 2.19. The number of rotatable bonds is 5.